The van der Waals surface area contributed by atoms with Crippen molar-refractivity contribution in [3.8, 4) is 5.75 Å². The number of aliphatic hydroxyl groups is 1. The number of aliphatic hydroxyl groups excluding tert-OH is 1. The summed E-state index contributed by atoms with van der Waals surface area (Å²) in [6.45, 7) is 2.47. The van der Waals surface area contributed by atoms with Gasteiger partial charge in [-0.15, -0.1) is 0 Å². The van der Waals surface area contributed by atoms with Crippen LogP contribution in [0.4, 0.5) is 0 Å². The lowest BCUT2D eigenvalue weighted by Gasteiger charge is -2.35. The molecular weight excluding hydrogens is 368 g/mol. The minimum absolute atomic E-state index is 0.253. The third kappa shape index (κ3) is 3.77. The van der Waals surface area contributed by atoms with E-state index in [-0.39, 0.29) is 12.7 Å². The van der Waals surface area contributed by atoms with E-state index < -0.39 is 0 Å². The van der Waals surface area contributed by atoms with Gasteiger partial charge in [0.1, 0.15) is 5.75 Å². The average molecular weight is 399 g/mol. The van der Waals surface area contributed by atoms with Crippen molar-refractivity contribution < 1.29 is 9.84 Å². The summed E-state index contributed by atoms with van der Waals surface area (Å²) in [7, 11) is 0. The van der Waals surface area contributed by atoms with Crippen LogP contribution in [0.25, 0.3) is 0 Å². The van der Waals surface area contributed by atoms with E-state index in [1.807, 2.05) is 0 Å². The number of ether oxygens (including phenoxy) is 1. The first kappa shape index (κ1) is 19.4. The first-order valence-electron chi connectivity index (χ1n) is 11.2. The van der Waals surface area contributed by atoms with Crippen LogP contribution in [0, 0.1) is 12.8 Å². The molecular formula is C28H30O2. The lowest BCUT2D eigenvalue weighted by molar-refractivity contribution is 0.0325. The zero-order valence-corrected chi connectivity index (χ0v) is 17.6. The summed E-state index contributed by atoms with van der Waals surface area (Å²) < 4.78 is 6.11. The van der Waals surface area contributed by atoms with Crippen molar-refractivity contribution in [3.63, 3.8) is 0 Å². The van der Waals surface area contributed by atoms with Crippen molar-refractivity contribution in [2.24, 2.45) is 5.92 Å². The van der Waals surface area contributed by atoms with Crippen molar-refractivity contribution in [1.29, 1.82) is 0 Å². The Bertz CT molecular complexity index is 987. The predicted molar refractivity (Wildman–Crippen MR) is 121 cm³/mol. The third-order valence-electron chi connectivity index (χ3n) is 6.98. The highest BCUT2D eigenvalue weighted by atomic mass is 16.5. The Morgan fingerprint density at radius 1 is 0.900 bits per heavy atom. The van der Waals surface area contributed by atoms with Crippen LogP contribution in [-0.2, 0) is 6.42 Å². The van der Waals surface area contributed by atoms with Crippen LogP contribution in [0.1, 0.15) is 58.9 Å². The quantitative estimate of drug-likeness (QED) is 0.570. The molecule has 5 rings (SSSR count). The van der Waals surface area contributed by atoms with Gasteiger partial charge < -0.3 is 9.84 Å². The summed E-state index contributed by atoms with van der Waals surface area (Å²) in [6, 6.07) is 26.7. The van der Waals surface area contributed by atoms with E-state index >= 15 is 0 Å². The van der Waals surface area contributed by atoms with Crippen LogP contribution in [0.3, 0.4) is 0 Å². The number of hydrogen-bond donors (Lipinski definition) is 1. The van der Waals surface area contributed by atoms with Crippen LogP contribution in [0.2, 0.25) is 0 Å². The molecule has 30 heavy (non-hydrogen) atoms. The molecule has 0 heterocycles. The zero-order valence-electron chi connectivity index (χ0n) is 17.6. The van der Waals surface area contributed by atoms with Crippen LogP contribution >= 0.6 is 0 Å². The van der Waals surface area contributed by atoms with Gasteiger partial charge in [-0.1, -0.05) is 66.2 Å². The fourth-order valence-electron chi connectivity index (χ4n) is 5.29. The Balaban J connectivity index is 1.44. The highest BCUT2D eigenvalue weighted by molar-refractivity contribution is 5.47. The molecule has 2 aliphatic rings. The SMILES string of the molecule is Cc1ccc2c(c1)CC[C@H](c1ccccc1)C2c1ccc(OC2CC(CO)C2)cc1. The van der Waals surface area contributed by atoms with Crippen LogP contribution < -0.4 is 4.74 Å². The molecule has 0 aliphatic heterocycles. The predicted octanol–water partition coefficient (Wildman–Crippen LogP) is 6.01. The van der Waals surface area contributed by atoms with Crippen LogP contribution in [0.5, 0.6) is 5.75 Å². The molecule has 0 saturated heterocycles. The van der Waals surface area contributed by atoms with Crippen molar-refractivity contribution in [1.82, 2.24) is 0 Å². The van der Waals surface area contributed by atoms with E-state index in [9.17, 15) is 5.11 Å². The molecule has 1 unspecified atom stereocenters. The summed E-state index contributed by atoms with van der Waals surface area (Å²) >= 11 is 0. The van der Waals surface area contributed by atoms with E-state index in [1.165, 1.54) is 34.2 Å². The van der Waals surface area contributed by atoms with E-state index in [1.54, 1.807) is 0 Å². The smallest absolute Gasteiger partial charge is 0.119 e. The summed E-state index contributed by atoms with van der Waals surface area (Å²) in [5.41, 5.74) is 7.11. The summed E-state index contributed by atoms with van der Waals surface area (Å²) in [5.74, 6) is 2.22. The monoisotopic (exact) mass is 398 g/mol. The fraction of sp³-hybridized carbons (Fsp3) is 0.357. The Hall–Kier alpha value is -2.58. The lowest BCUT2D eigenvalue weighted by atomic mass is 9.69. The normalized spacial score (nSPS) is 25.3. The van der Waals surface area contributed by atoms with Gasteiger partial charge in [0.05, 0.1) is 6.10 Å². The highest BCUT2D eigenvalue weighted by Gasteiger charge is 2.33. The maximum absolute atomic E-state index is 9.21. The second-order valence-corrected chi connectivity index (χ2v) is 9.06. The van der Waals surface area contributed by atoms with Gasteiger partial charge in [-0.2, -0.15) is 0 Å². The van der Waals surface area contributed by atoms with Gasteiger partial charge in [-0.05, 0) is 78.8 Å². The molecule has 154 valence electrons. The van der Waals surface area contributed by atoms with Gasteiger partial charge in [0, 0.05) is 12.5 Å². The summed E-state index contributed by atoms with van der Waals surface area (Å²) in [4.78, 5) is 0. The van der Waals surface area contributed by atoms with Gasteiger partial charge in [0.15, 0.2) is 0 Å². The van der Waals surface area contributed by atoms with Gasteiger partial charge >= 0.3 is 0 Å². The van der Waals surface area contributed by atoms with Crippen molar-refractivity contribution in [2.45, 2.75) is 50.5 Å². The molecule has 2 nitrogen and oxygen atoms in total. The summed E-state index contributed by atoms with van der Waals surface area (Å²) in [5, 5.41) is 9.21. The number of fused-ring (bicyclic) bond motifs is 1. The lowest BCUT2D eigenvalue weighted by Crippen LogP contribution is -2.35. The van der Waals surface area contributed by atoms with Gasteiger partial charge in [-0.25, -0.2) is 0 Å². The minimum atomic E-state index is 0.253. The number of aryl methyl sites for hydroxylation is 2. The molecule has 2 aliphatic carbocycles. The average Bonchev–Trinajstić information content (AvgIpc) is 2.76. The van der Waals surface area contributed by atoms with Crippen LogP contribution in [-0.4, -0.2) is 17.8 Å². The zero-order chi connectivity index (χ0) is 20.5. The molecule has 3 aromatic carbocycles. The van der Waals surface area contributed by atoms with E-state index in [2.05, 4.69) is 79.7 Å². The molecule has 2 heteroatoms. The standard InChI is InChI=1S/C28H30O2/c1-19-7-13-27-23(15-19)10-14-26(21-5-3-2-4-6-21)28(27)22-8-11-24(12-9-22)30-25-16-20(17-25)18-29/h2-9,11-13,15,20,25-26,28-29H,10,14,16-18H2,1H3/t20?,25?,26-,28?/m1/s1. The molecule has 0 amide bonds. The van der Waals surface area contributed by atoms with E-state index in [4.69, 9.17) is 4.74 Å². The molecule has 1 fully saturated rings. The maximum Gasteiger partial charge on any atom is 0.119 e. The van der Waals surface area contributed by atoms with Gasteiger partial charge in [-0.3, -0.25) is 0 Å². The summed E-state index contributed by atoms with van der Waals surface area (Å²) in [6.07, 6.45) is 4.49. The maximum atomic E-state index is 9.21. The number of rotatable bonds is 5. The van der Waals surface area contributed by atoms with Crippen molar-refractivity contribution in [2.75, 3.05) is 6.61 Å². The Kier molecular flexibility index (Phi) is 5.35. The Labute approximate surface area is 179 Å². The van der Waals surface area contributed by atoms with Crippen molar-refractivity contribution >= 4 is 0 Å². The molecule has 1 saturated carbocycles. The third-order valence-corrected chi connectivity index (χ3v) is 6.98. The molecule has 1 N–H and O–H groups in total. The molecule has 0 radical (unpaired) electrons. The van der Waals surface area contributed by atoms with Gasteiger partial charge in [0.25, 0.3) is 0 Å². The van der Waals surface area contributed by atoms with Gasteiger partial charge in [0.2, 0.25) is 0 Å². The first-order valence-corrected chi connectivity index (χ1v) is 11.2. The molecule has 2 atom stereocenters. The van der Waals surface area contributed by atoms with Crippen molar-refractivity contribution in [3.05, 3.63) is 101 Å². The van der Waals surface area contributed by atoms with Crippen LogP contribution in [0.15, 0.2) is 72.8 Å². The minimum Gasteiger partial charge on any atom is -0.490 e. The molecule has 0 aromatic heterocycles. The Morgan fingerprint density at radius 2 is 1.67 bits per heavy atom. The topological polar surface area (TPSA) is 29.5 Å². The van der Waals surface area contributed by atoms with E-state index in [0.717, 1.165) is 25.0 Å². The molecule has 0 bridgehead atoms. The van der Waals surface area contributed by atoms with E-state index in [0.29, 0.717) is 17.8 Å². The molecule has 0 spiro atoms. The second-order valence-electron chi connectivity index (χ2n) is 9.06. The fourth-order valence-corrected chi connectivity index (χ4v) is 5.29. The Morgan fingerprint density at radius 3 is 2.40 bits per heavy atom. The molecule has 3 aromatic rings. The largest absolute Gasteiger partial charge is 0.490 e. The number of hydrogen-bond acceptors (Lipinski definition) is 2. The first-order chi connectivity index (χ1) is 14.7. The number of benzene rings is 3. The highest BCUT2D eigenvalue weighted by Crippen LogP contribution is 2.46. The second kappa shape index (κ2) is 8.28.